The molecule has 2 nitrogen and oxygen atoms in total. The molecule has 3 heteroatoms. The molecule has 2 aromatic carbocycles. The van der Waals surface area contributed by atoms with Crippen molar-refractivity contribution in [2.45, 2.75) is 5.92 Å². The molecule has 2 aromatic rings. The lowest BCUT2D eigenvalue weighted by Crippen LogP contribution is -1.98. The van der Waals surface area contributed by atoms with E-state index in [1.165, 1.54) is 11.1 Å². The van der Waals surface area contributed by atoms with Crippen molar-refractivity contribution >= 4 is 15.9 Å². The fourth-order valence-corrected chi connectivity index (χ4v) is 2.44. The van der Waals surface area contributed by atoms with E-state index in [9.17, 15) is 0 Å². The molecule has 0 bridgehead atoms. The van der Waals surface area contributed by atoms with Gasteiger partial charge in [0.25, 0.3) is 0 Å². The van der Waals surface area contributed by atoms with Crippen molar-refractivity contribution in [3.8, 4) is 11.5 Å². The van der Waals surface area contributed by atoms with Crippen LogP contribution in [0, 0.1) is 0 Å². The van der Waals surface area contributed by atoms with Gasteiger partial charge in [0.2, 0.25) is 0 Å². The number of ether oxygens (including phenoxy) is 2. The van der Waals surface area contributed by atoms with Crippen LogP contribution in [-0.4, -0.2) is 19.5 Å². The van der Waals surface area contributed by atoms with Gasteiger partial charge in [0.05, 0.1) is 14.2 Å². The van der Waals surface area contributed by atoms with Gasteiger partial charge in [-0.1, -0.05) is 52.3 Å². The second-order valence-electron chi connectivity index (χ2n) is 4.61. The first-order chi connectivity index (χ1) is 10.3. The molecule has 0 amide bonds. The number of halogens is 1. The molecule has 0 fully saturated rings. The van der Waals surface area contributed by atoms with Crippen LogP contribution in [0.2, 0.25) is 0 Å². The Kier molecular flexibility index (Phi) is 5.88. The minimum atomic E-state index is 0.222. The van der Waals surface area contributed by atoms with E-state index in [-0.39, 0.29) is 5.92 Å². The molecule has 0 aliphatic heterocycles. The molecular weight excluding hydrogens is 328 g/mol. The predicted octanol–water partition coefficient (Wildman–Crippen LogP) is 4.79. The van der Waals surface area contributed by atoms with Gasteiger partial charge in [-0.3, -0.25) is 0 Å². The average molecular weight is 347 g/mol. The largest absolute Gasteiger partial charge is 0.497 e. The summed E-state index contributed by atoms with van der Waals surface area (Å²) in [4.78, 5) is 0. The number of benzene rings is 2. The van der Waals surface area contributed by atoms with Crippen LogP contribution in [0.4, 0.5) is 0 Å². The molecule has 0 aliphatic rings. The van der Waals surface area contributed by atoms with Crippen molar-refractivity contribution in [1.29, 1.82) is 0 Å². The van der Waals surface area contributed by atoms with Gasteiger partial charge in [-0.2, -0.15) is 0 Å². The van der Waals surface area contributed by atoms with E-state index in [0.717, 1.165) is 16.8 Å². The van der Waals surface area contributed by atoms with Crippen LogP contribution in [0.15, 0.2) is 60.7 Å². The van der Waals surface area contributed by atoms with E-state index in [4.69, 9.17) is 9.47 Å². The Morgan fingerprint density at radius 3 is 1.62 bits per heavy atom. The molecule has 110 valence electrons. The molecule has 0 heterocycles. The number of alkyl halides is 1. The highest BCUT2D eigenvalue weighted by Crippen LogP contribution is 2.29. The summed E-state index contributed by atoms with van der Waals surface area (Å²) < 4.78 is 10.4. The number of hydrogen-bond acceptors (Lipinski definition) is 2. The Morgan fingerprint density at radius 1 is 0.857 bits per heavy atom. The van der Waals surface area contributed by atoms with Crippen molar-refractivity contribution in [1.82, 2.24) is 0 Å². The van der Waals surface area contributed by atoms with E-state index < -0.39 is 0 Å². The van der Waals surface area contributed by atoms with Gasteiger partial charge in [-0.25, -0.2) is 0 Å². The minimum Gasteiger partial charge on any atom is -0.497 e. The number of hydrogen-bond donors (Lipinski definition) is 0. The lowest BCUT2D eigenvalue weighted by Gasteiger charge is -2.15. The smallest absolute Gasteiger partial charge is 0.118 e. The SMILES string of the molecule is COc1ccc(C(C=CCBr)c2ccc(OC)cc2)cc1. The number of allylic oxidation sites excluding steroid dienone is 2. The van der Waals surface area contributed by atoms with Gasteiger partial charge in [0.15, 0.2) is 0 Å². The third kappa shape index (κ3) is 4.11. The maximum atomic E-state index is 5.22. The van der Waals surface area contributed by atoms with Crippen LogP contribution in [0.25, 0.3) is 0 Å². The number of methoxy groups -OCH3 is 2. The monoisotopic (exact) mass is 346 g/mol. The van der Waals surface area contributed by atoms with Gasteiger partial charge in [-0.05, 0) is 35.4 Å². The first kappa shape index (κ1) is 15.6. The average Bonchev–Trinajstić information content (AvgIpc) is 2.56. The Balaban J connectivity index is 2.33. The van der Waals surface area contributed by atoms with E-state index in [0.29, 0.717) is 0 Å². The van der Waals surface area contributed by atoms with E-state index in [1.54, 1.807) is 14.2 Å². The highest BCUT2D eigenvalue weighted by Gasteiger charge is 2.11. The molecule has 0 aliphatic carbocycles. The Labute approximate surface area is 134 Å². The summed E-state index contributed by atoms with van der Waals surface area (Å²) in [5, 5.41) is 0.843. The van der Waals surface area contributed by atoms with Crippen molar-refractivity contribution in [3.05, 3.63) is 71.8 Å². The van der Waals surface area contributed by atoms with Crippen LogP contribution >= 0.6 is 15.9 Å². The quantitative estimate of drug-likeness (QED) is 0.553. The Hall–Kier alpha value is -1.74. The zero-order valence-corrected chi connectivity index (χ0v) is 13.8. The highest BCUT2D eigenvalue weighted by atomic mass is 79.9. The highest BCUT2D eigenvalue weighted by molar-refractivity contribution is 9.09. The molecule has 0 saturated carbocycles. The van der Waals surface area contributed by atoms with Crippen LogP contribution in [0.5, 0.6) is 11.5 Å². The van der Waals surface area contributed by atoms with Gasteiger partial charge < -0.3 is 9.47 Å². The molecule has 0 aromatic heterocycles. The molecular formula is C18H19BrO2. The Bertz CT molecular complexity index is 526. The molecule has 0 N–H and O–H groups in total. The van der Waals surface area contributed by atoms with Crippen molar-refractivity contribution < 1.29 is 9.47 Å². The molecule has 21 heavy (non-hydrogen) atoms. The normalized spacial score (nSPS) is 11.0. The first-order valence-electron chi connectivity index (χ1n) is 6.79. The standard InChI is InChI=1S/C18H19BrO2/c1-20-16-9-5-14(6-10-16)18(4-3-13-19)15-7-11-17(21-2)12-8-15/h3-12,18H,13H2,1-2H3. The summed E-state index contributed by atoms with van der Waals surface area (Å²) >= 11 is 3.44. The van der Waals surface area contributed by atoms with Gasteiger partial charge in [0, 0.05) is 11.2 Å². The van der Waals surface area contributed by atoms with Crippen molar-refractivity contribution in [3.63, 3.8) is 0 Å². The van der Waals surface area contributed by atoms with Crippen LogP contribution in [-0.2, 0) is 0 Å². The van der Waals surface area contributed by atoms with Gasteiger partial charge in [-0.15, -0.1) is 0 Å². The zero-order chi connectivity index (χ0) is 15.1. The lowest BCUT2D eigenvalue weighted by atomic mass is 9.91. The van der Waals surface area contributed by atoms with Gasteiger partial charge in [0.1, 0.15) is 11.5 Å². The van der Waals surface area contributed by atoms with E-state index in [2.05, 4.69) is 52.3 Å². The summed E-state index contributed by atoms with van der Waals surface area (Å²) in [7, 11) is 3.36. The number of rotatable bonds is 6. The predicted molar refractivity (Wildman–Crippen MR) is 90.8 cm³/mol. The van der Waals surface area contributed by atoms with Gasteiger partial charge >= 0.3 is 0 Å². The lowest BCUT2D eigenvalue weighted by molar-refractivity contribution is 0.414. The second kappa shape index (κ2) is 7.89. The van der Waals surface area contributed by atoms with E-state index >= 15 is 0 Å². The Morgan fingerprint density at radius 2 is 1.29 bits per heavy atom. The maximum Gasteiger partial charge on any atom is 0.118 e. The van der Waals surface area contributed by atoms with Crippen molar-refractivity contribution in [2.75, 3.05) is 19.5 Å². The minimum absolute atomic E-state index is 0.222. The summed E-state index contributed by atoms with van der Waals surface area (Å²) in [6.07, 6.45) is 4.33. The van der Waals surface area contributed by atoms with Crippen LogP contribution in [0.3, 0.4) is 0 Å². The second-order valence-corrected chi connectivity index (χ2v) is 5.25. The summed E-state index contributed by atoms with van der Waals surface area (Å²) in [6.45, 7) is 0. The fraction of sp³-hybridized carbons (Fsp3) is 0.222. The first-order valence-corrected chi connectivity index (χ1v) is 7.91. The molecule has 0 saturated heterocycles. The zero-order valence-electron chi connectivity index (χ0n) is 12.3. The maximum absolute atomic E-state index is 5.22. The molecule has 2 rings (SSSR count). The third-order valence-electron chi connectivity index (χ3n) is 3.37. The van der Waals surface area contributed by atoms with Crippen LogP contribution in [0.1, 0.15) is 17.0 Å². The molecule has 0 radical (unpaired) electrons. The molecule has 0 unspecified atom stereocenters. The molecule has 0 atom stereocenters. The fourth-order valence-electron chi connectivity index (χ4n) is 2.22. The van der Waals surface area contributed by atoms with Crippen LogP contribution < -0.4 is 9.47 Å². The van der Waals surface area contributed by atoms with E-state index in [1.807, 2.05) is 24.3 Å². The molecule has 0 spiro atoms. The van der Waals surface area contributed by atoms with Crippen molar-refractivity contribution in [2.24, 2.45) is 0 Å². The summed E-state index contributed by atoms with van der Waals surface area (Å²) in [6, 6.07) is 16.4. The topological polar surface area (TPSA) is 18.5 Å². The third-order valence-corrected chi connectivity index (χ3v) is 3.74. The summed E-state index contributed by atoms with van der Waals surface area (Å²) in [5.41, 5.74) is 2.47. The summed E-state index contributed by atoms with van der Waals surface area (Å²) in [5.74, 6) is 1.97.